The number of pyridine rings is 1. The van der Waals surface area contributed by atoms with Gasteiger partial charge in [-0.25, -0.2) is 4.98 Å². The molecule has 0 aromatic carbocycles. The van der Waals surface area contributed by atoms with Crippen molar-refractivity contribution in [2.24, 2.45) is 0 Å². The van der Waals surface area contributed by atoms with E-state index < -0.39 is 17.8 Å². The van der Waals surface area contributed by atoms with Crippen molar-refractivity contribution in [3.05, 3.63) is 36.3 Å². The molecule has 0 fully saturated rings. The molecule has 16 heavy (non-hydrogen) atoms. The predicted octanol–water partition coefficient (Wildman–Crippen LogP) is 2.99. The molecule has 0 spiro atoms. The molecule has 0 bridgehead atoms. The monoisotopic (exact) mass is 236 g/mol. The zero-order valence-corrected chi connectivity index (χ0v) is 7.67. The van der Waals surface area contributed by atoms with Gasteiger partial charge in [-0.3, -0.25) is 0 Å². The molecule has 0 amide bonds. The van der Waals surface area contributed by atoms with Crippen LogP contribution in [0.15, 0.2) is 30.6 Å². The number of hydrogen-bond donors (Lipinski definition) is 0. The molecule has 0 saturated carbocycles. The van der Waals surface area contributed by atoms with Crippen LogP contribution in [-0.4, -0.2) is 15.6 Å². The summed E-state index contributed by atoms with van der Waals surface area (Å²) in [4.78, 5) is 3.24. The van der Waals surface area contributed by atoms with Crippen LogP contribution in [0.4, 0.5) is 22.0 Å². The van der Waals surface area contributed by atoms with Gasteiger partial charge in [0.15, 0.2) is 0 Å². The van der Waals surface area contributed by atoms with Crippen LogP contribution in [0.1, 0.15) is 5.69 Å². The van der Waals surface area contributed by atoms with Crippen molar-refractivity contribution in [2.75, 3.05) is 0 Å². The lowest BCUT2D eigenvalue weighted by Gasteiger charge is -2.16. The second kappa shape index (κ2) is 3.16. The molecule has 7 heteroatoms. The van der Waals surface area contributed by atoms with Gasteiger partial charge in [-0.05, 0) is 12.1 Å². The summed E-state index contributed by atoms with van der Waals surface area (Å²) < 4.78 is 63.1. The maximum absolute atomic E-state index is 12.9. The highest BCUT2D eigenvalue weighted by atomic mass is 19.4. The van der Waals surface area contributed by atoms with Crippen molar-refractivity contribution in [1.29, 1.82) is 0 Å². The molecule has 0 aliphatic rings. The first-order chi connectivity index (χ1) is 7.32. The zero-order chi connectivity index (χ0) is 12.0. The molecule has 0 aliphatic heterocycles. The molecule has 2 heterocycles. The van der Waals surface area contributed by atoms with E-state index in [0.29, 0.717) is 6.20 Å². The largest absolute Gasteiger partial charge is 0.459 e. The van der Waals surface area contributed by atoms with Crippen molar-refractivity contribution < 1.29 is 22.0 Å². The summed E-state index contributed by atoms with van der Waals surface area (Å²) in [5, 5.41) is 0. The smallest absolute Gasteiger partial charge is 0.307 e. The van der Waals surface area contributed by atoms with E-state index in [2.05, 4.69) is 4.98 Å². The first kappa shape index (κ1) is 10.8. The molecule has 0 saturated heterocycles. The molecule has 0 atom stereocenters. The second-order valence-electron chi connectivity index (χ2n) is 3.16. The number of hydrogen-bond acceptors (Lipinski definition) is 1. The SMILES string of the molecule is FC(F)(F)C(F)(F)c1cn2ccccc2n1. The lowest BCUT2D eigenvalue weighted by molar-refractivity contribution is -0.290. The fraction of sp³-hybridized carbons (Fsp3) is 0.222. The average Bonchev–Trinajstić information content (AvgIpc) is 2.59. The van der Waals surface area contributed by atoms with Crippen LogP contribution in [0.25, 0.3) is 5.65 Å². The first-order valence-electron chi connectivity index (χ1n) is 4.21. The average molecular weight is 236 g/mol. The van der Waals surface area contributed by atoms with Crippen LogP contribution in [0, 0.1) is 0 Å². The highest BCUT2D eigenvalue weighted by Crippen LogP contribution is 2.43. The van der Waals surface area contributed by atoms with E-state index in [0.717, 1.165) is 4.40 Å². The zero-order valence-electron chi connectivity index (χ0n) is 7.67. The molecule has 2 aromatic rings. The highest BCUT2D eigenvalue weighted by molar-refractivity contribution is 5.40. The Labute approximate surface area is 86.3 Å². The van der Waals surface area contributed by atoms with Crippen LogP contribution < -0.4 is 0 Å². The summed E-state index contributed by atoms with van der Waals surface area (Å²) in [6.45, 7) is 0. The van der Waals surface area contributed by atoms with Crippen LogP contribution >= 0.6 is 0 Å². The van der Waals surface area contributed by atoms with Crippen LogP contribution in [0.3, 0.4) is 0 Å². The minimum absolute atomic E-state index is 0.0430. The van der Waals surface area contributed by atoms with Crippen molar-refractivity contribution >= 4 is 5.65 Å². The van der Waals surface area contributed by atoms with E-state index in [1.807, 2.05) is 0 Å². The standard InChI is InChI=1S/C9H5F5N2/c10-8(11,9(12,13)14)6-5-16-4-2-1-3-7(16)15-6/h1-5H. The van der Waals surface area contributed by atoms with Crippen molar-refractivity contribution in [3.8, 4) is 0 Å². The number of fused-ring (bicyclic) bond motifs is 1. The highest BCUT2D eigenvalue weighted by Gasteiger charge is 2.60. The third-order valence-electron chi connectivity index (χ3n) is 2.04. The minimum Gasteiger partial charge on any atom is -0.307 e. The molecule has 0 radical (unpaired) electrons. The van der Waals surface area contributed by atoms with Gasteiger partial charge in [-0.15, -0.1) is 0 Å². The Kier molecular flexibility index (Phi) is 2.14. The summed E-state index contributed by atoms with van der Waals surface area (Å²) in [5.74, 6) is -4.93. The third-order valence-corrected chi connectivity index (χ3v) is 2.04. The van der Waals surface area contributed by atoms with Gasteiger partial charge < -0.3 is 4.40 Å². The molecule has 0 aliphatic carbocycles. The summed E-state index contributed by atoms with van der Waals surface area (Å²) in [5.41, 5.74) is -1.26. The fourth-order valence-corrected chi connectivity index (χ4v) is 1.23. The number of aromatic nitrogens is 2. The van der Waals surface area contributed by atoms with Gasteiger partial charge in [0.25, 0.3) is 0 Å². The molecule has 86 valence electrons. The van der Waals surface area contributed by atoms with Crippen LogP contribution in [0.5, 0.6) is 0 Å². The van der Waals surface area contributed by atoms with E-state index in [-0.39, 0.29) is 5.65 Å². The van der Waals surface area contributed by atoms with Gasteiger partial charge in [0.05, 0.1) is 0 Å². The van der Waals surface area contributed by atoms with Crippen LogP contribution in [-0.2, 0) is 5.92 Å². The Hall–Kier alpha value is -1.66. The summed E-state index contributed by atoms with van der Waals surface area (Å²) in [6.07, 6.45) is -3.62. The Morgan fingerprint density at radius 3 is 2.31 bits per heavy atom. The van der Waals surface area contributed by atoms with E-state index in [9.17, 15) is 22.0 Å². The Bertz CT molecular complexity index is 481. The number of halogens is 5. The van der Waals surface area contributed by atoms with E-state index in [1.165, 1.54) is 24.4 Å². The lowest BCUT2D eigenvalue weighted by Crippen LogP contribution is -2.33. The van der Waals surface area contributed by atoms with E-state index in [1.54, 1.807) is 0 Å². The third kappa shape index (κ3) is 1.52. The van der Waals surface area contributed by atoms with Crippen molar-refractivity contribution in [3.63, 3.8) is 0 Å². The maximum Gasteiger partial charge on any atom is 0.459 e. The molecular weight excluding hydrogens is 231 g/mol. The maximum atomic E-state index is 12.9. The van der Waals surface area contributed by atoms with Crippen LogP contribution in [0.2, 0.25) is 0 Å². The normalized spacial score (nSPS) is 13.3. The molecular formula is C9H5F5N2. The molecule has 2 aromatic heterocycles. The topological polar surface area (TPSA) is 17.3 Å². The number of nitrogens with zero attached hydrogens (tertiary/aromatic N) is 2. The van der Waals surface area contributed by atoms with Gasteiger partial charge in [-0.2, -0.15) is 22.0 Å². The number of alkyl halides is 5. The molecule has 2 nitrogen and oxygen atoms in total. The summed E-state index contributed by atoms with van der Waals surface area (Å²) >= 11 is 0. The molecule has 2 rings (SSSR count). The van der Waals surface area contributed by atoms with E-state index in [4.69, 9.17) is 0 Å². The van der Waals surface area contributed by atoms with Crippen molar-refractivity contribution in [2.45, 2.75) is 12.1 Å². The fourth-order valence-electron chi connectivity index (χ4n) is 1.23. The minimum atomic E-state index is -5.63. The van der Waals surface area contributed by atoms with E-state index >= 15 is 0 Å². The molecule has 0 unspecified atom stereocenters. The Morgan fingerprint density at radius 2 is 1.75 bits per heavy atom. The van der Waals surface area contributed by atoms with Gasteiger partial charge >= 0.3 is 12.1 Å². The summed E-state index contributed by atoms with van der Waals surface area (Å²) in [6, 6.07) is 4.35. The molecule has 0 N–H and O–H groups in total. The predicted molar refractivity (Wildman–Crippen MR) is 45.1 cm³/mol. The number of imidazole rings is 1. The number of rotatable bonds is 1. The van der Waals surface area contributed by atoms with Gasteiger partial charge in [0.1, 0.15) is 11.3 Å². The lowest BCUT2D eigenvalue weighted by atomic mass is 10.2. The Balaban J connectivity index is 2.56. The van der Waals surface area contributed by atoms with Gasteiger partial charge in [-0.1, -0.05) is 6.07 Å². The second-order valence-corrected chi connectivity index (χ2v) is 3.16. The van der Waals surface area contributed by atoms with Gasteiger partial charge in [0, 0.05) is 12.4 Å². The quantitative estimate of drug-likeness (QED) is 0.696. The van der Waals surface area contributed by atoms with Crippen molar-refractivity contribution in [1.82, 2.24) is 9.38 Å². The first-order valence-corrected chi connectivity index (χ1v) is 4.21. The Morgan fingerprint density at radius 1 is 1.06 bits per heavy atom. The summed E-state index contributed by atoms with van der Waals surface area (Å²) in [7, 11) is 0. The van der Waals surface area contributed by atoms with Gasteiger partial charge in [0.2, 0.25) is 0 Å².